The molecule has 0 unspecified atom stereocenters. The number of carbonyl (C=O) groups is 2. The van der Waals surface area contributed by atoms with E-state index in [1.165, 1.54) is 17.1 Å². The molecule has 126 valence electrons. The van der Waals surface area contributed by atoms with E-state index in [0.717, 1.165) is 0 Å². The third kappa shape index (κ3) is 2.70. The van der Waals surface area contributed by atoms with E-state index in [1.54, 1.807) is 19.1 Å². The van der Waals surface area contributed by atoms with Gasteiger partial charge in [0.05, 0.1) is 38.4 Å². The molecule has 1 aromatic rings. The van der Waals surface area contributed by atoms with Gasteiger partial charge in [0.1, 0.15) is 5.75 Å². The van der Waals surface area contributed by atoms with Crippen molar-refractivity contribution in [2.75, 3.05) is 33.4 Å². The molecule has 0 N–H and O–H groups in total. The van der Waals surface area contributed by atoms with E-state index in [9.17, 15) is 9.59 Å². The van der Waals surface area contributed by atoms with Crippen molar-refractivity contribution in [1.82, 2.24) is 10.0 Å². The third-order valence-corrected chi connectivity index (χ3v) is 4.37. The highest BCUT2D eigenvalue weighted by atomic mass is 35.5. The Labute approximate surface area is 145 Å². The Kier molecular flexibility index (Phi) is 4.65. The molecule has 2 saturated heterocycles. The summed E-state index contributed by atoms with van der Waals surface area (Å²) in [5, 5.41) is 3.18. The molecule has 0 aliphatic carbocycles. The van der Waals surface area contributed by atoms with Crippen LogP contribution in [-0.2, 0) is 14.3 Å². The van der Waals surface area contributed by atoms with Gasteiger partial charge in [0.15, 0.2) is 5.92 Å². The number of halogens is 1. The molecular weight excluding hydrogens is 332 g/mol. The fourth-order valence-electron chi connectivity index (χ4n) is 3.01. The van der Waals surface area contributed by atoms with Crippen LogP contribution in [0.4, 0.5) is 0 Å². The summed E-state index contributed by atoms with van der Waals surface area (Å²) in [5.74, 6) is 4.48. The molecular formula is C17H17ClN2O4. The Morgan fingerprint density at radius 1 is 1.21 bits per heavy atom. The van der Waals surface area contributed by atoms with Crippen molar-refractivity contribution in [2.45, 2.75) is 12.8 Å². The van der Waals surface area contributed by atoms with Crippen molar-refractivity contribution in [3.63, 3.8) is 0 Å². The lowest BCUT2D eigenvalue weighted by Gasteiger charge is -2.23. The first-order chi connectivity index (χ1) is 11.6. The molecule has 24 heavy (non-hydrogen) atoms. The molecule has 2 fully saturated rings. The van der Waals surface area contributed by atoms with Gasteiger partial charge < -0.3 is 9.47 Å². The van der Waals surface area contributed by atoms with Crippen molar-refractivity contribution in [2.24, 2.45) is 0 Å². The summed E-state index contributed by atoms with van der Waals surface area (Å²) in [7, 11) is 1.48. The van der Waals surface area contributed by atoms with Crippen LogP contribution in [0.3, 0.4) is 0 Å². The minimum absolute atomic E-state index is 0.300. The molecule has 3 rings (SSSR count). The first kappa shape index (κ1) is 16.6. The fourth-order valence-corrected chi connectivity index (χ4v) is 3.33. The summed E-state index contributed by atoms with van der Waals surface area (Å²) >= 11 is 6.38. The van der Waals surface area contributed by atoms with Crippen molar-refractivity contribution in [1.29, 1.82) is 0 Å². The fraction of sp³-hybridized carbons (Fsp3) is 0.412. The number of methoxy groups -OCH3 is 1. The standard InChI is InChI=1S/C17H17ClN2O4/c1-3-4-11-9-12(18)14(13(10-11)23-2)15-16(21)19-5-7-24-8-6-20(19)17(15)22/h9-10,15H,5-8H2,1-2H3. The molecule has 0 bridgehead atoms. The van der Waals surface area contributed by atoms with Crippen molar-refractivity contribution < 1.29 is 19.1 Å². The van der Waals surface area contributed by atoms with E-state index < -0.39 is 5.92 Å². The van der Waals surface area contributed by atoms with Crippen LogP contribution in [0.2, 0.25) is 5.02 Å². The summed E-state index contributed by atoms with van der Waals surface area (Å²) < 4.78 is 10.7. The molecule has 2 amide bonds. The molecule has 2 aliphatic heterocycles. The van der Waals surface area contributed by atoms with Crippen molar-refractivity contribution in [3.05, 3.63) is 28.3 Å². The number of fused-ring (bicyclic) bond motifs is 1. The van der Waals surface area contributed by atoms with E-state index >= 15 is 0 Å². The lowest BCUT2D eigenvalue weighted by molar-refractivity contribution is -0.145. The quantitative estimate of drug-likeness (QED) is 0.599. The second-order valence-corrected chi connectivity index (χ2v) is 5.82. The molecule has 2 aliphatic rings. The highest BCUT2D eigenvalue weighted by Gasteiger charge is 2.48. The zero-order valence-electron chi connectivity index (χ0n) is 13.5. The second kappa shape index (κ2) is 6.71. The number of benzene rings is 1. The van der Waals surface area contributed by atoms with Gasteiger partial charge in [0.2, 0.25) is 0 Å². The Morgan fingerprint density at radius 3 is 2.38 bits per heavy atom. The topological polar surface area (TPSA) is 59.1 Å². The van der Waals surface area contributed by atoms with Gasteiger partial charge in [-0.25, -0.2) is 10.0 Å². The maximum absolute atomic E-state index is 12.8. The number of hydrogen-bond acceptors (Lipinski definition) is 4. The number of hydrogen-bond donors (Lipinski definition) is 0. The zero-order chi connectivity index (χ0) is 17.3. The first-order valence-corrected chi connectivity index (χ1v) is 7.97. The van der Waals surface area contributed by atoms with E-state index in [-0.39, 0.29) is 11.8 Å². The predicted molar refractivity (Wildman–Crippen MR) is 87.5 cm³/mol. The zero-order valence-corrected chi connectivity index (χ0v) is 14.2. The SMILES string of the molecule is CC#Cc1cc(Cl)c(C2C(=O)N3CCOCCN3C2=O)c(OC)c1. The molecule has 1 aromatic carbocycles. The molecule has 0 saturated carbocycles. The highest BCUT2D eigenvalue weighted by molar-refractivity contribution is 6.32. The van der Waals surface area contributed by atoms with Gasteiger partial charge in [-0.05, 0) is 19.1 Å². The maximum Gasteiger partial charge on any atom is 0.258 e. The minimum Gasteiger partial charge on any atom is -0.496 e. The van der Waals surface area contributed by atoms with Gasteiger partial charge in [-0.1, -0.05) is 17.5 Å². The molecule has 0 radical (unpaired) electrons. The van der Waals surface area contributed by atoms with Crippen LogP contribution < -0.4 is 4.74 Å². The number of carbonyl (C=O) groups excluding carboxylic acids is 2. The molecule has 0 spiro atoms. The second-order valence-electron chi connectivity index (χ2n) is 5.42. The lowest BCUT2D eigenvalue weighted by Crippen LogP contribution is -2.41. The van der Waals surface area contributed by atoms with Crippen LogP contribution in [-0.4, -0.2) is 55.2 Å². The highest BCUT2D eigenvalue weighted by Crippen LogP contribution is 2.40. The lowest BCUT2D eigenvalue weighted by atomic mass is 9.95. The summed E-state index contributed by atoms with van der Waals surface area (Å²) in [6, 6.07) is 3.35. The van der Waals surface area contributed by atoms with Crippen LogP contribution in [0, 0.1) is 11.8 Å². The monoisotopic (exact) mass is 348 g/mol. The predicted octanol–water partition coefficient (Wildman–Crippen LogP) is 1.42. The average Bonchev–Trinajstić information content (AvgIpc) is 2.75. The number of hydrazine groups is 1. The Bertz CT molecular complexity index is 729. The summed E-state index contributed by atoms with van der Waals surface area (Å²) in [6.07, 6.45) is 0. The van der Waals surface area contributed by atoms with Crippen LogP contribution in [0.15, 0.2) is 12.1 Å². The normalized spacial score (nSPS) is 18.1. The van der Waals surface area contributed by atoms with Gasteiger partial charge in [-0.2, -0.15) is 0 Å². The Hall–Kier alpha value is -2.23. The van der Waals surface area contributed by atoms with Crippen molar-refractivity contribution >= 4 is 23.4 Å². The number of nitrogens with zero attached hydrogens (tertiary/aromatic N) is 2. The number of amides is 2. The third-order valence-electron chi connectivity index (χ3n) is 4.06. The van der Waals surface area contributed by atoms with Gasteiger partial charge in [-0.15, -0.1) is 5.92 Å². The molecule has 0 aromatic heterocycles. The Morgan fingerprint density at radius 2 is 1.83 bits per heavy atom. The van der Waals surface area contributed by atoms with Gasteiger partial charge in [0.25, 0.3) is 11.8 Å². The largest absolute Gasteiger partial charge is 0.496 e. The summed E-state index contributed by atoms with van der Waals surface area (Å²) in [4.78, 5) is 25.6. The van der Waals surface area contributed by atoms with Crippen LogP contribution in [0.25, 0.3) is 0 Å². The molecule has 2 heterocycles. The molecule has 7 heteroatoms. The van der Waals surface area contributed by atoms with Crippen LogP contribution in [0.5, 0.6) is 5.75 Å². The molecule has 0 atom stereocenters. The molecule has 6 nitrogen and oxygen atoms in total. The summed E-state index contributed by atoms with van der Waals surface area (Å²) in [5.41, 5.74) is 1.06. The van der Waals surface area contributed by atoms with Crippen LogP contribution in [0.1, 0.15) is 24.0 Å². The average molecular weight is 349 g/mol. The smallest absolute Gasteiger partial charge is 0.258 e. The minimum atomic E-state index is -0.991. The first-order valence-electron chi connectivity index (χ1n) is 7.59. The van der Waals surface area contributed by atoms with Gasteiger partial charge in [-0.3, -0.25) is 9.59 Å². The van der Waals surface area contributed by atoms with E-state index in [1.807, 2.05) is 0 Å². The van der Waals surface area contributed by atoms with Crippen LogP contribution >= 0.6 is 11.6 Å². The number of ether oxygens (including phenoxy) is 2. The number of rotatable bonds is 2. The maximum atomic E-state index is 12.8. The van der Waals surface area contributed by atoms with Gasteiger partial charge >= 0.3 is 0 Å². The van der Waals surface area contributed by atoms with E-state index in [0.29, 0.717) is 48.2 Å². The van der Waals surface area contributed by atoms with E-state index in [4.69, 9.17) is 21.1 Å². The van der Waals surface area contributed by atoms with Crippen molar-refractivity contribution in [3.8, 4) is 17.6 Å². The van der Waals surface area contributed by atoms with E-state index in [2.05, 4.69) is 11.8 Å². The summed E-state index contributed by atoms with van der Waals surface area (Å²) in [6.45, 7) is 3.21. The Balaban J connectivity index is 2.06. The van der Waals surface area contributed by atoms with Gasteiger partial charge in [0, 0.05) is 11.1 Å².